The highest BCUT2D eigenvalue weighted by atomic mass is 19.4. The van der Waals surface area contributed by atoms with E-state index < -0.39 is 22.9 Å². The largest absolute Gasteiger partial charge is 0.508 e. The zero-order chi connectivity index (χ0) is 15.8. The lowest BCUT2D eigenvalue weighted by Crippen LogP contribution is -2.49. The smallest absolute Gasteiger partial charge is 0.398 e. The van der Waals surface area contributed by atoms with Crippen LogP contribution in [0.1, 0.15) is 46.6 Å². The molecule has 0 aliphatic rings. The van der Waals surface area contributed by atoms with E-state index in [2.05, 4.69) is 0 Å². The van der Waals surface area contributed by atoms with Gasteiger partial charge in [-0.25, -0.2) is 0 Å². The van der Waals surface area contributed by atoms with Gasteiger partial charge in [0.25, 0.3) is 0 Å². The van der Waals surface area contributed by atoms with E-state index in [4.69, 9.17) is 0 Å². The molecule has 1 aromatic rings. The quantitative estimate of drug-likeness (QED) is 0.801. The molecule has 0 aliphatic carbocycles. The number of aromatic hydroxyl groups is 1. The molecular weight excluding hydrogens is 265 g/mol. The Morgan fingerprint density at radius 2 is 1.45 bits per heavy atom. The first-order valence-corrected chi connectivity index (χ1v) is 6.76. The molecule has 0 aromatic heterocycles. The fourth-order valence-corrected chi connectivity index (χ4v) is 2.83. The van der Waals surface area contributed by atoms with Gasteiger partial charge in [-0.05, 0) is 35.4 Å². The molecule has 0 radical (unpaired) electrons. The normalized spacial score (nSPS) is 16.2. The Morgan fingerprint density at radius 1 is 1.00 bits per heavy atom. The minimum absolute atomic E-state index is 0.00589. The Bertz CT molecular complexity index is 440. The van der Waals surface area contributed by atoms with Crippen molar-refractivity contribution in [2.24, 2.45) is 11.3 Å². The van der Waals surface area contributed by atoms with Crippen LogP contribution in [-0.2, 0) is 5.41 Å². The minimum atomic E-state index is -4.34. The second-order valence-corrected chi connectivity index (χ2v) is 6.91. The standard InChI is InChI=1S/C16H23F3O/c1-11(2)15(16(17,18)19,10-14(3,4)5)12-6-8-13(20)9-7-12/h6-9,11,20H,10H2,1-5H3. The number of phenols is 1. The molecule has 0 bridgehead atoms. The van der Waals surface area contributed by atoms with Crippen molar-refractivity contribution in [1.29, 1.82) is 0 Å². The Morgan fingerprint density at radius 3 is 1.75 bits per heavy atom. The van der Waals surface area contributed by atoms with Crippen molar-refractivity contribution in [2.75, 3.05) is 0 Å². The summed E-state index contributed by atoms with van der Waals surface area (Å²) in [6, 6.07) is 5.41. The van der Waals surface area contributed by atoms with Gasteiger partial charge in [0.1, 0.15) is 5.75 Å². The number of halogens is 3. The summed E-state index contributed by atoms with van der Waals surface area (Å²) in [5.74, 6) is -0.615. The van der Waals surface area contributed by atoms with E-state index in [0.717, 1.165) is 0 Å². The highest BCUT2D eigenvalue weighted by Gasteiger charge is 2.58. The highest BCUT2D eigenvalue weighted by molar-refractivity contribution is 5.34. The number of benzene rings is 1. The first kappa shape index (κ1) is 16.9. The first-order chi connectivity index (χ1) is 8.90. The molecule has 4 heteroatoms. The van der Waals surface area contributed by atoms with E-state index in [0.29, 0.717) is 0 Å². The molecule has 0 aliphatic heterocycles. The van der Waals surface area contributed by atoms with Gasteiger partial charge in [0.15, 0.2) is 0 Å². The second kappa shape index (κ2) is 5.30. The highest BCUT2D eigenvalue weighted by Crippen LogP contribution is 2.52. The Hall–Kier alpha value is -1.19. The van der Waals surface area contributed by atoms with E-state index in [9.17, 15) is 18.3 Å². The fourth-order valence-electron chi connectivity index (χ4n) is 2.83. The Balaban J connectivity index is 3.49. The van der Waals surface area contributed by atoms with Crippen LogP contribution >= 0.6 is 0 Å². The van der Waals surface area contributed by atoms with Crippen molar-refractivity contribution >= 4 is 0 Å². The summed E-state index contributed by atoms with van der Waals surface area (Å²) in [5.41, 5.74) is -2.15. The van der Waals surface area contributed by atoms with Crippen molar-refractivity contribution in [2.45, 2.75) is 52.6 Å². The van der Waals surface area contributed by atoms with Crippen LogP contribution in [0, 0.1) is 11.3 Å². The summed E-state index contributed by atoms with van der Waals surface area (Å²) in [4.78, 5) is 0. The van der Waals surface area contributed by atoms with Gasteiger partial charge in [-0.1, -0.05) is 46.8 Å². The number of rotatable bonds is 3. The number of phenolic OH excluding ortho intramolecular Hbond substituents is 1. The van der Waals surface area contributed by atoms with Gasteiger partial charge in [-0.3, -0.25) is 0 Å². The Kier molecular flexibility index (Phi) is 4.47. The number of hydrogen-bond acceptors (Lipinski definition) is 1. The SMILES string of the molecule is CC(C)C(CC(C)(C)C)(c1ccc(O)cc1)C(F)(F)F. The van der Waals surface area contributed by atoms with Gasteiger partial charge < -0.3 is 5.11 Å². The summed E-state index contributed by atoms with van der Waals surface area (Å²) in [6.45, 7) is 8.65. The molecule has 1 rings (SSSR count). The van der Waals surface area contributed by atoms with Crippen molar-refractivity contribution in [3.63, 3.8) is 0 Å². The topological polar surface area (TPSA) is 20.2 Å². The van der Waals surface area contributed by atoms with Crippen LogP contribution in [0.25, 0.3) is 0 Å². The predicted octanol–water partition coefficient (Wildman–Crippen LogP) is 5.28. The number of alkyl halides is 3. The lowest BCUT2D eigenvalue weighted by atomic mass is 9.63. The molecule has 0 heterocycles. The van der Waals surface area contributed by atoms with Crippen molar-refractivity contribution < 1.29 is 18.3 Å². The molecule has 1 N–H and O–H groups in total. The van der Waals surface area contributed by atoms with Gasteiger partial charge >= 0.3 is 6.18 Å². The van der Waals surface area contributed by atoms with Crippen LogP contribution in [0.3, 0.4) is 0 Å². The maximum Gasteiger partial charge on any atom is 0.398 e. The second-order valence-electron chi connectivity index (χ2n) is 6.91. The van der Waals surface area contributed by atoms with Gasteiger partial charge in [-0.15, -0.1) is 0 Å². The van der Waals surface area contributed by atoms with Crippen molar-refractivity contribution in [3.05, 3.63) is 29.8 Å². The lowest BCUT2D eigenvalue weighted by Gasteiger charge is -2.44. The average molecular weight is 288 g/mol. The summed E-state index contributed by atoms with van der Waals surface area (Å²) in [6.07, 6.45) is -4.34. The van der Waals surface area contributed by atoms with E-state index in [1.165, 1.54) is 24.3 Å². The van der Waals surface area contributed by atoms with Gasteiger partial charge in [0.05, 0.1) is 5.41 Å². The molecular formula is C16H23F3O. The van der Waals surface area contributed by atoms with Crippen LogP contribution in [0.4, 0.5) is 13.2 Å². The third-order valence-electron chi connectivity index (χ3n) is 3.68. The minimum Gasteiger partial charge on any atom is -0.508 e. The molecule has 1 atom stereocenters. The summed E-state index contributed by atoms with van der Waals surface area (Å²) in [5, 5.41) is 9.32. The van der Waals surface area contributed by atoms with Gasteiger partial charge in [0.2, 0.25) is 0 Å². The molecule has 0 amide bonds. The summed E-state index contributed by atoms with van der Waals surface area (Å²) >= 11 is 0. The van der Waals surface area contributed by atoms with Crippen LogP contribution in [-0.4, -0.2) is 11.3 Å². The average Bonchev–Trinajstić information content (AvgIpc) is 2.23. The fraction of sp³-hybridized carbons (Fsp3) is 0.625. The predicted molar refractivity (Wildman–Crippen MR) is 74.7 cm³/mol. The zero-order valence-corrected chi connectivity index (χ0v) is 12.7. The van der Waals surface area contributed by atoms with Gasteiger partial charge in [0, 0.05) is 0 Å². The zero-order valence-electron chi connectivity index (χ0n) is 12.7. The molecule has 0 spiro atoms. The van der Waals surface area contributed by atoms with E-state index in [1.54, 1.807) is 13.8 Å². The molecule has 0 saturated carbocycles. The molecule has 1 nitrogen and oxygen atoms in total. The number of hydrogen-bond donors (Lipinski definition) is 1. The van der Waals surface area contributed by atoms with Crippen LogP contribution in [0.15, 0.2) is 24.3 Å². The molecule has 0 fully saturated rings. The first-order valence-electron chi connectivity index (χ1n) is 6.76. The monoisotopic (exact) mass is 288 g/mol. The third kappa shape index (κ3) is 3.28. The lowest BCUT2D eigenvalue weighted by molar-refractivity contribution is -0.212. The van der Waals surface area contributed by atoms with Crippen LogP contribution in [0.2, 0.25) is 0 Å². The third-order valence-corrected chi connectivity index (χ3v) is 3.68. The molecule has 1 aromatic carbocycles. The van der Waals surface area contributed by atoms with Gasteiger partial charge in [-0.2, -0.15) is 13.2 Å². The molecule has 20 heavy (non-hydrogen) atoms. The van der Waals surface area contributed by atoms with Crippen molar-refractivity contribution in [3.8, 4) is 5.75 Å². The summed E-state index contributed by atoms with van der Waals surface area (Å²) in [7, 11) is 0. The van der Waals surface area contributed by atoms with E-state index >= 15 is 0 Å². The molecule has 0 saturated heterocycles. The Labute approximate surface area is 118 Å². The van der Waals surface area contributed by atoms with Crippen LogP contribution < -0.4 is 0 Å². The maximum absolute atomic E-state index is 13.9. The molecule has 114 valence electrons. The summed E-state index contributed by atoms with van der Waals surface area (Å²) < 4.78 is 41.6. The van der Waals surface area contributed by atoms with E-state index in [1.807, 2.05) is 20.8 Å². The van der Waals surface area contributed by atoms with E-state index in [-0.39, 0.29) is 17.7 Å². The van der Waals surface area contributed by atoms with Crippen molar-refractivity contribution in [1.82, 2.24) is 0 Å². The molecule has 1 unspecified atom stereocenters. The van der Waals surface area contributed by atoms with Crippen LogP contribution in [0.5, 0.6) is 5.75 Å². The maximum atomic E-state index is 13.9.